The van der Waals surface area contributed by atoms with Crippen LogP contribution in [0.3, 0.4) is 0 Å². The standard InChI is InChI=1S/C16H10ClF5O6S/c1-5-2-6(23)3-9(24)15(5)13(25)10-7(26-14(18)19)4-8(11(17)12(10)27-15)28-29-16(20,21)22/h3-5,14,24H,2H2,1H3/t5-,15+/m1/s1. The monoisotopic (exact) mass is 460 g/mol. The van der Waals surface area contributed by atoms with E-state index in [-0.39, 0.29) is 6.42 Å². The highest BCUT2D eigenvalue weighted by atomic mass is 35.5. The van der Waals surface area contributed by atoms with E-state index in [1.165, 1.54) is 6.92 Å². The van der Waals surface area contributed by atoms with E-state index < -0.39 is 80.8 Å². The molecular formula is C16H10ClF5O6S. The number of alkyl halides is 5. The van der Waals surface area contributed by atoms with Gasteiger partial charge in [-0.15, -0.1) is 0 Å². The van der Waals surface area contributed by atoms with Gasteiger partial charge in [-0.2, -0.15) is 22.0 Å². The fourth-order valence-electron chi connectivity index (χ4n) is 3.14. The fourth-order valence-corrected chi connectivity index (χ4v) is 3.73. The van der Waals surface area contributed by atoms with E-state index >= 15 is 0 Å². The van der Waals surface area contributed by atoms with Gasteiger partial charge in [-0.3, -0.25) is 9.59 Å². The van der Waals surface area contributed by atoms with E-state index in [9.17, 15) is 36.6 Å². The summed E-state index contributed by atoms with van der Waals surface area (Å²) >= 11 is 5.02. The Labute approximate surface area is 168 Å². The molecule has 2 aliphatic rings. The lowest BCUT2D eigenvalue weighted by atomic mass is 9.75. The van der Waals surface area contributed by atoms with Gasteiger partial charge in [-0.05, 0) is 0 Å². The number of allylic oxidation sites excluding steroid dienone is 1. The molecule has 0 unspecified atom stereocenters. The van der Waals surface area contributed by atoms with Crippen molar-refractivity contribution < 1.29 is 50.3 Å². The van der Waals surface area contributed by atoms with Gasteiger partial charge in [0.2, 0.25) is 11.4 Å². The summed E-state index contributed by atoms with van der Waals surface area (Å²) in [5.41, 5.74) is -7.61. The lowest BCUT2D eigenvalue weighted by Crippen LogP contribution is -2.51. The zero-order chi connectivity index (χ0) is 21.7. The van der Waals surface area contributed by atoms with E-state index in [1.807, 2.05) is 0 Å². The van der Waals surface area contributed by atoms with Gasteiger partial charge in [0.05, 0.1) is 0 Å². The SMILES string of the molecule is C[C@@H]1CC(=O)C=C(O)[C@@]12Oc1c(Cl)c(OSC(F)(F)F)cc(OC(F)F)c1C2=O. The Hall–Kier alpha value is -2.21. The molecule has 0 radical (unpaired) electrons. The second kappa shape index (κ2) is 7.24. The van der Waals surface area contributed by atoms with Crippen LogP contribution in [0.15, 0.2) is 17.9 Å². The average Bonchev–Trinajstić information content (AvgIpc) is 2.88. The highest BCUT2D eigenvalue weighted by molar-refractivity contribution is 7.95. The molecule has 0 fully saturated rings. The summed E-state index contributed by atoms with van der Waals surface area (Å²) in [5, 5.41) is 9.64. The van der Waals surface area contributed by atoms with E-state index in [4.69, 9.17) is 16.3 Å². The number of Topliss-reactive ketones (excluding diaryl/α,β-unsaturated/α-hetero) is 1. The zero-order valence-corrected chi connectivity index (χ0v) is 15.8. The minimum absolute atomic E-state index is 0.222. The van der Waals surface area contributed by atoms with E-state index in [2.05, 4.69) is 8.92 Å². The first-order chi connectivity index (χ1) is 13.4. The van der Waals surface area contributed by atoms with Crippen LogP contribution in [0.5, 0.6) is 17.2 Å². The molecule has 0 amide bonds. The van der Waals surface area contributed by atoms with Gasteiger partial charge in [0.25, 0.3) is 0 Å². The molecule has 1 heterocycles. The van der Waals surface area contributed by atoms with Crippen molar-refractivity contribution in [1.82, 2.24) is 0 Å². The number of halogens is 6. The molecule has 13 heteroatoms. The minimum atomic E-state index is -4.84. The highest BCUT2D eigenvalue weighted by Gasteiger charge is 2.59. The molecule has 1 aliphatic carbocycles. The molecule has 1 N–H and O–H groups in total. The Bertz CT molecular complexity index is 918. The first-order valence-corrected chi connectivity index (χ1v) is 8.90. The van der Waals surface area contributed by atoms with Gasteiger partial charge in [-0.1, -0.05) is 18.5 Å². The topological polar surface area (TPSA) is 82.1 Å². The van der Waals surface area contributed by atoms with Crippen LogP contribution in [0.25, 0.3) is 0 Å². The van der Waals surface area contributed by atoms with Crippen molar-refractivity contribution in [2.75, 3.05) is 0 Å². The Morgan fingerprint density at radius 3 is 2.55 bits per heavy atom. The summed E-state index contributed by atoms with van der Waals surface area (Å²) in [6.45, 7) is -2.05. The summed E-state index contributed by atoms with van der Waals surface area (Å²) in [6.07, 6.45) is 0.530. The maximum Gasteiger partial charge on any atom is 0.479 e. The molecule has 29 heavy (non-hydrogen) atoms. The number of fused-ring (bicyclic) bond motifs is 1. The maximum atomic E-state index is 13.0. The Morgan fingerprint density at radius 1 is 1.34 bits per heavy atom. The number of carbonyl (C=O) groups is 2. The quantitative estimate of drug-likeness (QED) is 0.508. The van der Waals surface area contributed by atoms with Crippen LogP contribution in [-0.4, -0.2) is 34.4 Å². The smallest absolute Gasteiger partial charge is 0.479 e. The van der Waals surface area contributed by atoms with E-state index in [0.717, 1.165) is 6.08 Å². The molecule has 0 bridgehead atoms. The lowest BCUT2D eigenvalue weighted by Gasteiger charge is -2.34. The number of hydrogen-bond donors (Lipinski definition) is 1. The molecule has 1 aromatic rings. The van der Waals surface area contributed by atoms with Crippen LogP contribution in [0.4, 0.5) is 22.0 Å². The van der Waals surface area contributed by atoms with E-state index in [1.54, 1.807) is 0 Å². The van der Waals surface area contributed by atoms with Gasteiger partial charge in [-0.25, -0.2) is 0 Å². The van der Waals surface area contributed by atoms with Crippen LogP contribution >= 0.6 is 23.6 Å². The van der Waals surface area contributed by atoms with Crippen molar-refractivity contribution in [3.8, 4) is 17.2 Å². The van der Waals surface area contributed by atoms with Crippen molar-refractivity contribution >= 4 is 35.2 Å². The zero-order valence-electron chi connectivity index (χ0n) is 14.2. The molecule has 1 aromatic carbocycles. The summed E-state index contributed by atoms with van der Waals surface area (Å²) in [4.78, 5) is 24.7. The summed E-state index contributed by atoms with van der Waals surface area (Å²) in [5.74, 6) is -5.47. The normalized spacial score (nSPS) is 23.9. The fraction of sp³-hybridized carbons (Fsp3) is 0.375. The Kier molecular flexibility index (Phi) is 5.37. The van der Waals surface area contributed by atoms with Crippen molar-refractivity contribution in [3.63, 3.8) is 0 Å². The molecule has 2 atom stereocenters. The summed E-state index contributed by atoms with van der Waals surface area (Å²) < 4.78 is 77.1. The number of aliphatic hydroxyl groups is 1. The van der Waals surface area contributed by atoms with Crippen LogP contribution < -0.4 is 13.7 Å². The molecular weight excluding hydrogens is 451 g/mol. The first kappa shape index (κ1) is 21.5. The molecule has 0 saturated heterocycles. The van der Waals surface area contributed by atoms with Gasteiger partial charge in [0.1, 0.15) is 22.1 Å². The molecule has 6 nitrogen and oxygen atoms in total. The van der Waals surface area contributed by atoms with Crippen LogP contribution in [0.2, 0.25) is 5.02 Å². The predicted octanol–water partition coefficient (Wildman–Crippen LogP) is 4.85. The van der Waals surface area contributed by atoms with Crippen LogP contribution in [-0.2, 0) is 4.79 Å². The molecule has 1 spiro atoms. The largest absolute Gasteiger partial charge is 0.507 e. The highest BCUT2D eigenvalue weighted by Crippen LogP contribution is 2.55. The van der Waals surface area contributed by atoms with Crippen molar-refractivity contribution in [1.29, 1.82) is 0 Å². The number of ether oxygens (including phenoxy) is 2. The third-order valence-corrected chi connectivity index (χ3v) is 5.11. The second-order valence-electron chi connectivity index (χ2n) is 6.15. The number of hydrogen-bond acceptors (Lipinski definition) is 7. The van der Waals surface area contributed by atoms with Crippen molar-refractivity contribution in [2.45, 2.75) is 31.1 Å². The van der Waals surface area contributed by atoms with Crippen molar-refractivity contribution in [3.05, 3.63) is 28.5 Å². The Balaban J connectivity index is 2.15. The first-order valence-electron chi connectivity index (χ1n) is 7.78. The molecule has 3 rings (SSSR count). The average molecular weight is 461 g/mol. The third kappa shape index (κ3) is 3.70. The lowest BCUT2D eigenvalue weighted by molar-refractivity contribution is -0.118. The second-order valence-corrected chi connectivity index (χ2v) is 7.32. The number of benzene rings is 1. The predicted molar refractivity (Wildman–Crippen MR) is 89.5 cm³/mol. The van der Waals surface area contributed by atoms with Gasteiger partial charge in [0, 0.05) is 24.5 Å². The van der Waals surface area contributed by atoms with Gasteiger partial charge >= 0.3 is 12.1 Å². The maximum absolute atomic E-state index is 13.0. The number of aliphatic hydroxyl groups excluding tert-OH is 1. The Morgan fingerprint density at radius 2 is 2.00 bits per heavy atom. The van der Waals surface area contributed by atoms with E-state index in [0.29, 0.717) is 6.07 Å². The number of ketones is 2. The molecule has 0 aromatic heterocycles. The number of carbonyl (C=O) groups excluding carboxylic acids is 2. The summed E-state index contributed by atoms with van der Waals surface area (Å²) in [6, 6.07) is 0.589. The van der Waals surface area contributed by atoms with Gasteiger partial charge < -0.3 is 18.8 Å². The summed E-state index contributed by atoms with van der Waals surface area (Å²) in [7, 11) is 0. The van der Waals surface area contributed by atoms with Crippen LogP contribution in [0, 0.1) is 5.92 Å². The number of rotatable bonds is 4. The van der Waals surface area contributed by atoms with Crippen molar-refractivity contribution in [2.24, 2.45) is 5.92 Å². The minimum Gasteiger partial charge on any atom is -0.507 e. The molecule has 1 aliphatic heterocycles. The third-order valence-electron chi connectivity index (χ3n) is 4.30. The van der Waals surface area contributed by atoms with Gasteiger partial charge in [0.15, 0.2) is 29.3 Å². The molecule has 158 valence electrons. The molecule has 0 saturated carbocycles. The van der Waals surface area contributed by atoms with Crippen LogP contribution in [0.1, 0.15) is 23.7 Å².